The normalized spacial score (nSPS) is 0. The first-order chi connectivity index (χ1) is 0. The fourth-order valence-electron chi connectivity index (χ4n) is 0. The molecule has 0 saturated carbocycles. The van der Waals surface area contributed by atoms with Crippen molar-refractivity contribution in [1.29, 1.82) is 0 Å². The van der Waals surface area contributed by atoms with Gasteiger partial charge in [0.2, 0.25) is 0 Å². The zero-order chi connectivity index (χ0) is 0. The van der Waals surface area contributed by atoms with E-state index >= 15 is 0 Å². The van der Waals surface area contributed by atoms with Crippen LogP contribution in [0.4, 0.5) is 0 Å². The average molecular weight is 157 g/mol. The standard InChI is InChI=1S/BH3.Co.Cr.H4Si/h1H3;;;1H4. The number of hydrogen-bond acceptors (Lipinski definition) is 0. The van der Waals surface area contributed by atoms with Crippen molar-refractivity contribution in [2.24, 2.45) is 0 Å². The van der Waals surface area contributed by atoms with E-state index in [4.69, 9.17) is 0 Å². The molecule has 0 N–H and O–H groups in total. The largest absolute Gasteiger partial charge is 0.0814 e. The summed E-state index contributed by atoms with van der Waals surface area (Å²) in [4.78, 5) is 0. The van der Waals surface area contributed by atoms with E-state index in [2.05, 4.69) is 0 Å². The van der Waals surface area contributed by atoms with Crippen molar-refractivity contribution in [3.05, 3.63) is 0 Å². The summed E-state index contributed by atoms with van der Waals surface area (Å²) in [6, 6.07) is 0. The van der Waals surface area contributed by atoms with E-state index < -0.39 is 0 Å². The zero-order valence-electron chi connectivity index (χ0n) is 0.742. The van der Waals surface area contributed by atoms with Crippen LogP contribution < -0.4 is 0 Å². The summed E-state index contributed by atoms with van der Waals surface area (Å²) in [7, 11) is 0. The molecule has 0 nitrogen and oxygen atoms in total. The smallest absolute Gasteiger partial charge is 0.0149 e. The molecule has 4 heteroatoms. The average Bonchev–Trinajstić information content (AvgIpc) is 0. The van der Waals surface area contributed by atoms with Crippen molar-refractivity contribution in [3.63, 3.8) is 0 Å². The first-order valence-corrected chi connectivity index (χ1v) is 0. The van der Waals surface area contributed by atoms with Gasteiger partial charge in [0.05, 0.1) is 8.41 Å². The Bertz CT molecular complexity index is 8.00. The Morgan fingerprint density at radius 3 is 1.00 bits per heavy atom. The molecule has 0 saturated heterocycles. The zero-order valence-corrected chi connectivity index (χ0v) is 3.06. The molecule has 0 aliphatic heterocycles. The van der Waals surface area contributed by atoms with E-state index in [1.807, 2.05) is 0 Å². The van der Waals surface area contributed by atoms with Gasteiger partial charge in [-0.1, -0.05) is 0 Å². The summed E-state index contributed by atoms with van der Waals surface area (Å²) in [6.07, 6.45) is 0. The van der Waals surface area contributed by atoms with E-state index in [1.165, 1.54) is 0 Å². The molecule has 0 aromatic rings. The maximum atomic E-state index is 0. The van der Waals surface area contributed by atoms with Crippen LogP contribution in [0.5, 0.6) is 0 Å². The Balaban J connectivity index is 0. The van der Waals surface area contributed by atoms with E-state index in [1.54, 1.807) is 0 Å². The first-order valence-electron chi connectivity index (χ1n) is 0. The van der Waals surface area contributed by atoms with E-state index in [-0.39, 0.29) is 53.5 Å². The van der Waals surface area contributed by atoms with Crippen LogP contribution in [-0.2, 0) is 34.1 Å². The molecule has 4 heavy (non-hydrogen) atoms. The summed E-state index contributed by atoms with van der Waals surface area (Å²) in [6.45, 7) is 0. The van der Waals surface area contributed by atoms with Gasteiger partial charge in [0.15, 0.2) is 0 Å². The molecule has 0 spiro atoms. The summed E-state index contributed by atoms with van der Waals surface area (Å²) in [5, 5.41) is 0. The first kappa shape index (κ1) is 56.9. The molecule has 0 aliphatic rings. The van der Waals surface area contributed by atoms with Crippen LogP contribution in [0.1, 0.15) is 0 Å². The van der Waals surface area contributed by atoms with Gasteiger partial charge in [-0.05, 0) is 11.0 Å². The van der Waals surface area contributed by atoms with Crippen molar-refractivity contribution >= 4 is 19.4 Å². The maximum Gasteiger partial charge on any atom is 0.0814 e. The monoisotopic (exact) mass is 157 g/mol. The van der Waals surface area contributed by atoms with Gasteiger partial charge in [0.1, 0.15) is 0 Å². The molecule has 0 aliphatic carbocycles. The second kappa shape index (κ2) is 27.3. The molecular weight excluding hydrogens is 150 g/mol. The van der Waals surface area contributed by atoms with E-state index in [9.17, 15) is 0 Å². The molecule has 0 fully saturated rings. The second-order valence-electron chi connectivity index (χ2n) is 0. The fourth-order valence-corrected chi connectivity index (χ4v) is 0. The Labute approximate surface area is 53.7 Å². The SMILES string of the molecule is B.[Co].[Cr].[SiH4]. The van der Waals surface area contributed by atoms with Crippen LogP contribution in [0.3, 0.4) is 0 Å². The molecule has 0 aromatic carbocycles. The minimum atomic E-state index is 0. The molecule has 0 rings (SSSR count). The second-order valence-corrected chi connectivity index (χ2v) is 0. The predicted molar refractivity (Wildman–Crippen MR) is 21.3 cm³/mol. The molecule has 0 bridgehead atoms. The van der Waals surface area contributed by atoms with Crippen molar-refractivity contribution < 1.29 is 34.1 Å². The Hall–Kier alpha value is 1.32. The molecule has 0 amide bonds. The predicted octanol–water partition coefficient (Wildman–Crippen LogP) is -2.64. The molecule has 1 radical (unpaired) electrons. The minimum Gasteiger partial charge on any atom is -0.0149 e. The Morgan fingerprint density at radius 1 is 1.00 bits per heavy atom. The minimum absolute atomic E-state index is 0. The van der Waals surface area contributed by atoms with Crippen molar-refractivity contribution in [1.82, 2.24) is 0 Å². The van der Waals surface area contributed by atoms with Crippen LogP contribution in [0.2, 0.25) is 0 Å². The summed E-state index contributed by atoms with van der Waals surface area (Å²) >= 11 is 0. The molecule has 29 valence electrons. The van der Waals surface area contributed by atoms with Gasteiger partial charge in [0, 0.05) is 34.1 Å². The van der Waals surface area contributed by atoms with Crippen LogP contribution in [0.15, 0.2) is 0 Å². The third kappa shape index (κ3) is 10.3. The van der Waals surface area contributed by atoms with Crippen molar-refractivity contribution in [2.45, 2.75) is 0 Å². The van der Waals surface area contributed by atoms with Crippen molar-refractivity contribution in [3.8, 4) is 0 Å². The third-order valence-electron chi connectivity index (χ3n) is 0. The Morgan fingerprint density at radius 2 is 1.00 bits per heavy atom. The van der Waals surface area contributed by atoms with Crippen molar-refractivity contribution in [2.75, 3.05) is 0 Å². The molecule has 0 aromatic heterocycles. The summed E-state index contributed by atoms with van der Waals surface area (Å²) < 4.78 is 0. The molecule has 0 heterocycles. The third-order valence-corrected chi connectivity index (χ3v) is 0. The van der Waals surface area contributed by atoms with Gasteiger partial charge in [-0.3, -0.25) is 0 Å². The van der Waals surface area contributed by atoms with Crippen LogP contribution in [-0.4, -0.2) is 19.4 Å². The summed E-state index contributed by atoms with van der Waals surface area (Å²) in [5.41, 5.74) is 0. The van der Waals surface area contributed by atoms with Gasteiger partial charge >= 0.3 is 0 Å². The van der Waals surface area contributed by atoms with Gasteiger partial charge in [0.25, 0.3) is 0 Å². The van der Waals surface area contributed by atoms with Crippen LogP contribution in [0.25, 0.3) is 0 Å². The number of rotatable bonds is 0. The molecule has 0 atom stereocenters. The van der Waals surface area contributed by atoms with Crippen LogP contribution in [0, 0.1) is 0 Å². The molecular formula is H7BCoCrSi. The maximum absolute atomic E-state index is 0. The van der Waals surface area contributed by atoms with Gasteiger partial charge in [-0.2, -0.15) is 0 Å². The fraction of sp³-hybridized carbons (Fsp3) is 0. The van der Waals surface area contributed by atoms with Crippen LogP contribution >= 0.6 is 0 Å². The topological polar surface area (TPSA) is 0 Å². The number of hydrogen-bond donors (Lipinski definition) is 0. The van der Waals surface area contributed by atoms with E-state index in [0.717, 1.165) is 0 Å². The quantitative estimate of drug-likeness (QED) is 0.337. The summed E-state index contributed by atoms with van der Waals surface area (Å²) in [5.74, 6) is 0. The Kier molecular flexibility index (Phi) is 389. The van der Waals surface area contributed by atoms with E-state index in [0.29, 0.717) is 0 Å². The van der Waals surface area contributed by atoms with Gasteiger partial charge in [-0.15, -0.1) is 0 Å². The van der Waals surface area contributed by atoms with Gasteiger partial charge < -0.3 is 0 Å². The molecule has 0 unspecified atom stereocenters. The van der Waals surface area contributed by atoms with Gasteiger partial charge in [-0.25, -0.2) is 0 Å².